The van der Waals surface area contributed by atoms with E-state index < -0.39 is 5.97 Å². The molecule has 5 heteroatoms. The smallest absolute Gasteiger partial charge is 0.356 e. The van der Waals surface area contributed by atoms with Crippen LogP contribution < -0.4 is 4.74 Å². The van der Waals surface area contributed by atoms with Crippen molar-refractivity contribution in [2.75, 3.05) is 20.6 Å². The lowest BCUT2D eigenvalue weighted by Crippen LogP contribution is -2.20. The van der Waals surface area contributed by atoms with E-state index >= 15 is 0 Å². The zero-order chi connectivity index (χ0) is 17.8. The molecule has 0 spiro atoms. The summed E-state index contributed by atoms with van der Waals surface area (Å²) in [6, 6.07) is 17.4. The molecule has 2 aromatic carbocycles. The van der Waals surface area contributed by atoms with Crippen molar-refractivity contribution in [1.82, 2.24) is 9.47 Å². The quantitative estimate of drug-likeness (QED) is 0.716. The minimum Gasteiger partial charge on any atom is -0.486 e. The van der Waals surface area contributed by atoms with Crippen molar-refractivity contribution in [3.8, 4) is 5.75 Å². The second-order valence-electron chi connectivity index (χ2n) is 6.23. The zero-order valence-corrected chi connectivity index (χ0v) is 14.5. The predicted molar refractivity (Wildman–Crippen MR) is 98.2 cm³/mol. The van der Waals surface area contributed by atoms with E-state index in [9.17, 15) is 9.90 Å². The number of rotatable bonds is 7. The maximum absolute atomic E-state index is 12.0. The Labute approximate surface area is 147 Å². The topological polar surface area (TPSA) is 54.7 Å². The first-order valence-electron chi connectivity index (χ1n) is 8.24. The number of nitrogens with zero attached hydrogens (tertiary/aromatic N) is 2. The highest BCUT2D eigenvalue weighted by molar-refractivity contribution is 6.01. The largest absolute Gasteiger partial charge is 0.486 e. The highest BCUT2D eigenvalue weighted by Gasteiger charge is 2.23. The average Bonchev–Trinajstić information content (AvgIpc) is 2.93. The van der Waals surface area contributed by atoms with Crippen LogP contribution in [-0.4, -0.2) is 41.2 Å². The van der Waals surface area contributed by atoms with Crippen molar-refractivity contribution in [3.05, 3.63) is 65.9 Å². The Bertz CT molecular complexity index is 869. The minimum atomic E-state index is -0.974. The fraction of sp³-hybridized carbons (Fsp3) is 0.250. The number of carboxylic acids is 1. The molecule has 0 saturated carbocycles. The summed E-state index contributed by atoms with van der Waals surface area (Å²) in [6.07, 6.45) is 0. The van der Waals surface area contributed by atoms with Gasteiger partial charge in [-0.25, -0.2) is 4.79 Å². The lowest BCUT2D eigenvalue weighted by molar-refractivity contribution is 0.0679. The van der Waals surface area contributed by atoms with Gasteiger partial charge in [-0.1, -0.05) is 42.5 Å². The van der Waals surface area contributed by atoms with Gasteiger partial charge in [-0.05, 0) is 31.8 Å². The third-order valence-electron chi connectivity index (χ3n) is 4.12. The number of carboxylic acid groups (broad SMARTS) is 1. The second kappa shape index (κ2) is 7.40. The van der Waals surface area contributed by atoms with Gasteiger partial charge in [0.05, 0.1) is 5.52 Å². The molecule has 25 heavy (non-hydrogen) atoms. The van der Waals surface area contributed by atoms with Crippen molar-refractivity contribution < 1.29 is 14.6 Å². The third-order valence-corrected chi connectivity index (χ3v) is 4.12. The summed E-state index contributed by atoms with van der Waals surface area (Å²) in [7, 11) is 3.94. The van der Waals surface area contributed by atoms with Gasteiger partial charge in [0.15, 0.2) is 11.4 Å². The summed E-state index contributed by atoms with van der Waals surface area (Å²) in [5.41, 5.74) is 2.09. The summed E-state index contributed by atoms with van der Waals surface area (Å²) in [6.45, 7) is 1.67. The van der Waals surface area contributed by atoms with Gasteiger partial charge in [-0.3, -0.25) is 0 Å². The summed E-state index contributed by atoms with van der Waals surface area (Å²) < 4.78 is 7.80. The Balaban J connectivity index is 2.03. The lowest BCUT2D eigenvalue weighted by atomic mass is 10.2. The van der Waals surface area contributed by atoms with Crippen LogP contribution >= 0.6 is 0 Å². The van der Waals surface area contributed by atoms with Gasteiger partial charge in [0.2, 0.25) is 0 Å². The van der Waals surface area contributed by atoms with Gasteiger partial charge in [0.25, 0.3) is 0 Å². The highest BCUT2D eigenvalue weighted by Crippen LogP contribution is 2.34. The molecule has 0 aliphatic rings. The van der Waals surface area contributed by atoms with Crippen LogP contribution in [0.1, 0.15) is 16.1 Å². The first kappa shape index (κ1) is 17.0. The third kappa shape index (κ3) is 3.67. The van der Waals surface area contributed by atoms with Crippen LogP contribution in [0.15, 0.2) is 54.6 Å². The van der Waals surface area contributed by atoms with Crippen molar-refractivity contribution in [1.29, 1.82) is 0 Å². The highest BCUT2D eigenvalue weighted by atomic mass is 16.5. The van der Waals surface area contributed by atoms with Crippen LogP contribution in [-0.2, 0) is 13.2 Å². The van der Waals surface area contributed by atoms with Gasteiger partial charge in [0, 0.05) is 18.5 Å². The van der Waals surface area contributed by atoms with Gasteiger partial charge < -0.3 is 19.3 Å². The van der Waals surface area contributed by atoms with E-state index in [4.69, 9.17) is 4.74 Å². The number of hydrogen-bond acceptors (Lipinski definition) is 3. The first-order valence-corrected chi connectivity index (χ1v) is 8.24. The molecule has 3 aromatic rings. The van der Waals surface area contributed by atoms with Crippen LogP contribution in [0.4, 0.5) is 0 Å². The van der Waals surface area contributed by atoms with Gasteiger partial charge in [-0.15, -0.1) is 0 Å². The fourth-order valence-electron chi connectivity index (χ4n) is 2.89. The molecule has 0 fully saturated rings. The maximum atomic E-state index is 12.0. The van der Waals surface area contributed by atoms with Crippen LogP contribution in [0.5, 0.6) is 5.75 Å². The molecule has 1 N–H and O–H groups in total. The molecule has 130 valence electrons. The van der Waals surface area contributed by atoms with Crippen LogP contribution in [0.25, 0.3) is 10.9 Å². The molecule has 0 atom stereocenters. The van der Waals surface area contributed by atoms with E-state index in [2.05, 4.69) is 0 Å². The molecule has 5 nitrogen and oxygen atoms in total. The normalized spacial score (nSPS) is 11.2. The molecule has 1 heterocycles. The van der Waals surface area contributed by atoms with E-state index in [0.29, 0.717) is 18.9 Å². The van der Waals surface area contributed by atoms with Crippen molar-refractivity contribution in [3.63, 3.8) is 0 Å². The maximum Gasteiger partial charge on any atom is 0.356 e. The number of para-hydroxylation sites is 1. The Kier molecular flexibility index (Phi) is 5.05. The molecule has 3 rings (SSSR count). The molecule has 0 aliphatic carbocycles. The van der Waals surface area contributed by atoms with E-state index in [1.807, 2.05) is 78.2 Å². The Morgan fingerprint density at radius 1 is 1.08 bits per heavy atom. The van der Waals surface area contributed by atoms with Crippen LogP contribution in [0, 0.1) is 0 Å². The van der Waals surface area contributed by atoms with E-state index in [-0.39, 0.29) is 5.69 Å². The molecule has 0 bridgehead atoms. The molecule has 0 unspecified atom stereocenters. The minimum absolute atomic E-state index is 0.207. The number of aromatic nitrogens is 1. The average molecular weight is 338 g/mol. The number of benzene rings is 2. The summed E-state index contributed by atoms with van der Waals surface area (Å²) in [5, 5.41) is 10.6. The van der Waals surface area contributed by atoms with Gasteiger partial charge in [0.1, 0.15) is 6.61 Å². The summed E-state index contributed by atoms with van der Waals surface area (Å²) >= 11 is 0. The zero-order valence-electron chi connectivity index (χ0n) is 14.5. The molecular formula is C20H22N2O3. The SMILES string of the molecule is CN(C)CCn1c(C(=O)O)c(OCc2ccccc2)c2ccccc21. The number of carbonyl (C=O) groups is 1. The van der Waals surface area contributed by atoms with E-state index in [1.54, 1.807) is 0 Å². The Morgan fingerprint density at radius 3 is 2.44 bits per heavy atom. The lowest BCUT2D eigenvalue weighted by Gasteiger charge is -2.13. The Hall–Kier alpha value is -2.79. The van der Waals surface area contributed by atoms with Gasteiger partial charge in [-0.2, -0.15) is 0 Å². The number of aromatic carboxylic acids is 1. The van der Waals surface area contributed by atoms with E-state index in [0.717, 1.165) is 23.0 Å². The number of fused-ring (bicyclic) bond motifs is 1. The predicted octanol–water partition coefficient (Wildman–Crippen LogP) is 3.48. The summed E-state index contributed by atoms with van der Waals surface area (Å²) in [5.74, 6) is -0.538. The number of hydrogen-bond donors (Lipinski definition) is 1. The monoisotopic (exact) mass is 338 g/mol. The first-order chi connectivity index (χ1) is 12.1. The van der Waals surface area contributed by atoms with Crippen LogP contribution in [0.2, 0.25) is 0 Å². The molecule has 0 amide bonds. The van der Waals surface area contributed by atoms with E-state index in [1.165, 1.54) is 0 Å². The molecule has 0 radical (unpaired) electrons. The number of ether oxygens (including phenoxy) is 1. The fourth-order valence-corrected chi connectivity index (χ4v) is 2.89. The van der Waals surface area contributed by atoms with Crippen molar-refractivity contribution in [2.45, 2.75) is 13.2 Å². The molecule has 1 aromatic heterocycles. The Morgan fingerprint density at radius 2 is 1.76 bits per heavy atom. The molecule has 0 saturated heterocycles. The van der Waals surface area contributed by atoms with Crippen molar-refractivity contribution >= 4 is 16.9 Å². The second-order valence-corrected chi connectivity index (χ2v) is 6.23. The number of likely N-dealkylation sites (N-methyl/N-ethyl adjacent to an activating group) is 1. The standard InChI is InChI=1S/C20H22N2O3/c1-21(2)12-13-22-17-11-7-6-10-16(17)19(18(22)20(23)24)25-14-15-8-4-3-5-9-15/h3-11H,12-14H2,1-2H3,(H,23,24). The van der Waals surface area contributed by atoms with Gasteiger partial charge >= 0.3 is 5.97 Å². The molecule has 0 aliphatic heterocycles. The molecular weight excluding hydrogens is 316 g/mol. The van der Waals surface area contributed by atoms with Crippen molar-refractivity contribution in [2.24, 2.45) is 0 Å². The van der Waals surface area contributed by atoms with Crippen LogP contribution in [0.3, 0.4) is 0 Å². The summed E-state index contributed by atoms with van der Waals surface area (Å²) in [4.78, 5) is 14.0.